The molecule has 0 fully saturated rings. The Morgan fingerprint density at radius 2 is 1.90 bits per heavy atom. The zero-order valence-corrected chi connectivity index (χ0v) is 16.6. The first-order valence-corrected chi connectivity index (χ1v) is 9.04. The Bertz CT molecular complexity index is 838. The van der Waals surface area contributed by atoms with Gasteiger partial charge in [-0.1, -0.05) is 18.2 Å². The molecule has 29 heavy (non-hydrogen) atoms. The lowest BCUT2D eigenvalue weighted by atomic mass is 10.2. The lowest BCUT2D eigenvalue weighted by Crippen LogP contribution is -2.33. The molecule has 0 saturated heterocycles. The van der Waals surface area contributed by atoms with Crippen LogP contribution in [0.4, 0.5) is 0 Å². The van der Waals surface area contributed by atoms with Crippen LogP contribution in [-0.2, 0) is 14.3 Å². The van der Waals surface area contributed by atoms with Gasteiger partial charge in [0, 0.05) is 0 Å². The number of ether oxygens (including phenoxy) is 4. The molecule has 1 amide bonds. The van der Waals surface area contributed by atoms with Crippen LogP contribution in [0.15, 0.2) is 53.6 Å². The van der Waals surface area contributed by atoms with Crippen molar-refractivity contribution in [1.29, 1.82) is 0 Å². The number of nitrogens with one attached hydrogen (secondary N) is 1. The molecule has 8 heteroatoms. The molecule has 0 aliphatic rings. The van der Waals surface area contributed by atoms with Crippen molar-refractivity contribution in [2.75, 3.05) is 20.3 Å². The van der Waals surface area contributed by atoms with Gasteiger partial charge in [-0.05, 0) is 49.7 Å². The third-order valence-corrected chi connectivity index (χ3v) is 3.65. The Labute approximate surface area is 169 Å². The van der Waals surface area contributed by atoms with E-state index in [0.29, 0.717) is 22.8 Å². The van der Waals surface area contributed by atoms with E-state index in [-0.39, 0.29) is 19.1 Å². The number of rotatable bonds is 10. The van der Waals surface area contributed by atoms with E-state index in [1.165, 1.54) is 13.3 Å². The molecule has 0 spiro atoms. The zero-order chi connectivity index (χ0) is 21.1. The summed E-state index contributed by atoms with van der Waals surface area (Å²) in [5.74, 6) is 0.570. The van der Waals surface area contributed by atoms with E-state index in [4.69, 9.17) is 18.9 Å². The Morgan fingerprint density at radius 1 is 1.14 bits per heavy atom. The number of carbonyl (C=O) groups is 2. The molecule has 2 aromatic rings. The van der Waals surface area contributed by atoms with E-state index < -0.39 is 12.1 Å². The maximum Gasteiger partial charge on any atom is 0.344 e. The van der Waals surface area contributed by atoms with Gasteiger partial charge in [0.2, 0.25) is 0 Å². The number of amides is 1. The highest BCUT2D eigenvalue weighted by molar-refractivity contribution is 5.85. The smallest absolute Gasteiger partial charge is 0.344 e. The van der Waals surface area contributed by atoms with Crippen molar-refractivity contribution in [2.24, 2.45) is 5.10 Å². The molecular weight excluding hydrogens is 376 g/mol. The van der Waals surface area contributed by atoms with E-state index in [1.807, 2.05) is 18.2 Å². The molecule has 1 N–H and O–H groups in total. The van der Waals surface area contributed by atoms with Crippen molar-refractivity contribution in [2.45, 2.75) is 20.0 Å². The predicted molar refractivity (Wildman–Crippen MR) is 107 cm³/mol. The summed E-state index contributed by atoms with van der Waals surface area (Å²) in [5.41, 5.74) is 3.10. The highest BCUT2D eigenvalue weighted by Crippen LogP contribution is 2.27. The first kappa shape index (κ1) is 21.7. The largest absolute Gasteiger partial charge is 0.493 e. The number of para-hydroxylation sites is 1. The van der Waals surface area contributed by atoms with Gasteiger partial charge >= 0.3 is 5.97 Å². The summed E-state index contributed by atoms with van der Waals surface area (Å²) in [5, 5.41) is 3.93. The first-order chi connectivity index (χ1) is 14.0. The van der Waals surface area contributed by atoms with Crippen molar-refractivity contribution in [3.05, 3.63) is 54.1 Å². The van der Waals surface area contributed by atoms with Crippen LogP contribution in [0.2, 0.25) is 0 Å². The molecule has 2 aromatic carbocycles. The van der Waals surface area contributed by atoms with Crippen LogP contribution in [0, 0.1) is 0 Å². The van der Waals surface area contributed by atoms with Crippen LogP contribution in [0.25, 0.3) is 0 Å². The van der Waals surface area contributed by atoms with Crippen LogP contribution < -0.4 is 19.6 Å². The van der Waals surface area contributed by atoms with E-state index in [0.717, 1.165) is 0 Å². The van der Waals surface area contributed by atoms with Crippen LogP contribution in [0.3, 0.4) is 0 Å². The number of nitrogens with zero attached hydrogens (tertiary/aromatic N) is 1. The van der Waals surface area contributed by atoms with Crippen molar-refractivity contribution in [3.8, 4) is 17.2 Å². The molecule has 8 nitrogen and oxygen atoms in total. The van der Waals surface area contributed by atoms with Gasteiger partial charge in [0.15, 0.2) is 24.2 Å². The molecule has 154 valence electrons. The van der Waals surface area contributed by atoms with Gasteiger partial charge in [0.1, 0.15) is 5.75 Å². The summed E-state index contributed by atoms with van der Waals surface area (Å²) in [6.07, 6.45) is 0.757. The minimum atomic E-state index is -0.706. The van der Waals surface area contributed by atoms with E-state index in [1.54, 1.807) is 44.2 Å². The van der Waals surface area contributed by atoms with Crippen LogP contribution >= 0.6 is 0 Å². The van der Waals surface area contributed by atoms with Crippen molar-refractivity contribution in [1.82, 2.24) is 5.43 Å². The number of carbonyl (C=O) groups excluding carboxylic acids is 2. The third kappa shape index (κ3) is 7.17. The normalized spacial score (nSPS) is 11.6. The third-order valence-electron chi connectivity index (χ3n) is 3.65. The fourth-order valence-electron chi connectivity index (χ4n) is 2.24. The number of hydrazone groups is 1. The molecule has 2 rings (SSSR count). The Morgan fingerprint density at radius 3 is 2.59 bits per heavy atom. The van der Waals surface area contributed by atoms with E-state index in [9.17, 15) is 9.59 Å². The van der Waals surface area contributed by atoms with E-state index >= 15 is 0 Å². The van der Waals surface area contributed by atoms with Crippen molar-refractivity contribution < 1.29 is 28.5 Å². The first-order valence-electron chi connectivity index (χ1n) is 9.04. The standard InChI is InChI=1S/C21H24N2O6/c1-4-27-20(24)14-28-18-11-10-16(12-19(18)26-3)13-22-23-21(25)15(2)29-17-8-6-5-7-9-17/h5-13,15H,4,14H2,1-3H3,(H,23,25)/b22-13-/t15-/m0/s1. The second-order valence-corrected chi connectivity index (χ2v) is 5.81. The lowest BCUT2D eigenvalue weighted by molar-refractivity contribution is -0.145. The maximum absolute atomic E-state index is 12.1. The molecule has 0 unspecified atom stereocenters. The van der Waals surface area contributed by atoms with Crippen molar-refractivity contribution >= 4 is 18.1 Å². The summed E-state index contributed by atoms with van der Waals surface area (Å²) < 4.78 is 21.0. The molecule has 0 aliphatic carbocycles. The van der Waals surface area contributed by atoms with Gasteiger partial charge in [-0.15, -0.1) is 0 Å². The number of methoxy groups -OCH3 is 1. The summed E-state index contributed by atoms with van der Waals surface area (Å²) in [6.45, 7) is 3.43. The molecule has 0 bridgehead atoms. The van der Waals surface area contributed by atoms with Gasteiger partial charge in [-0.25, -0.2) is 10.2 Å². The average molecular weight is 400 g/mol. The number of hydrogen-bond acceptors (Lipinski definition) is 7. The molecule has 0 aliphatic heterocycles. The van der Waals surface area contributed by atoms with Crippen molar-refractivity contribution in [3.63, 3.8) is 0 Å². The summed E-state index contributed by atoms with van der Waals surface area (Å²) >= 11 is 0. The quantitative estimate of drug-likeness (QED) is 0.374. The topological polar surface area (TPSA) is 95.5 Å². The lowest BCUT2D eigenvalue weighted by Gasteiger charge is -2.12. The van der Waals surface area contributed by atoms with Crippen LogP contribution in [-0.4, -0.2) is 44.5 Å². The second-order valence-electron chi connectivity index (χ2n) is 5.81. The summed E-state index contributed by atoms with van der Waals surface area (Å²) in [4.78, 5) is 23.5. The Hall–Kier alpha value is -3.55. The SMILES string of the molecule is CCOC(=O)COc1ccc(/C=N\NC(=O)[C@H](C)Oc2ccccc2)cc1OC. The summed E-state index contributed by atoms with van der Waals surface area (Å²) in [7, 11) is 1.48. The van der Waals surface area contributed by atoms with Crippen LogP contribution in [0.5, 0.6) is 17.2 Å². The Balaban J connectivity index is 1.90. The maximum atomic E-state index is 12.1. The highest BCUT2D eigenvalue weighted by atomic mass is 16.6. The molecule has 0 aromatic heterocycles. The second kappa shape index (κ2) is 11.3. The fourth-order valence-corrected chi connectivity index (χ4v) is 2.24. The number of hydrogen-bond donors (Lipinski definition) is 1. The minimum absolute atomic E-state index is 0.215. The predicted octanol–water partition coefficient (Wildman–Crippen LogP) is 2.55. The van der Waals surface area contributed by atoms with Gasteiger partial charge in [-0.3, -0.25) is 4.79 Å². The molecule has 0 saturated carbocycles. The highest BCUT2D eigenvalue weighted by Gasteiger charge is 2.13. The molecule has 1 atom stereocenters. The number of esters is 1. The Kier molecular flexibility index (Phi) is 8.50. The summed E-state index contributed by atoms with van der Waals surface area (Å²) in [6, 6.07) is 14.1. The zero-order valence-electron chi connectivity index (χ0n) is 16.6. The minimum Gasteiger partial charge on any atom is -0.493 e. The van der Waals surface area contributed by atoms with E-state index in [2.05, 4.69) is 10.5 Å². The monoisotopic (exact) mass is 400 g/mol. The average Bonchev–Trinajstić information content (AvgIpc) is 2.73. The molecular formula is C21H24N2O6. The number of benzene rings is 2. The van der Waals surface area contributed by atoms with Gasteiger partial charge in [-0.2, -0.15) is 5.10 Å². The van der Waals surface area contributed by atoms with Gasteiger partial charge in [0.05, 0.1) is 19.9 Å². The van der Waals surface area contributed by atoms with Gasteiger partial charge in [0.25, 0.3) is 5.91 Å². The fraction of sp³-hybridized carbons (Fsp3) is 0.286. The van der Waals surface area contributed by atoms with Crippen LogP contribution in [0.1, 0.15) is 19.4 Å². The van der Waals surface area contributed by atoms with Gasteiger partial charge < -0.3 is 18.9 Å². The molecule has 0 radical (unpaired) electrons. The molecule has 0 heterocycles.